The third-order valence-corrected chi connectivity index (χ3v) is 2.53. The van der Waals surface area contributed by atoms with Crippen molar-refractivity contribution >= 4 is 18.0 Å². The molecule has 1 atom stereocenters. The molecule has 0 aromatic heterocycles. The van der Waals surface area contributed by atoms with Crippen molar-refractivity contribution in [2.45, 2.75) is 26.3 Å². The van der Waals surface area contributed by atoms with Gasteiger partial charge in [0.2, 0.25) is 5.91 Å². The van der Waals surface area contributed by atoms with Crippen LogP contribution in [-0.2, 0) is 9.59 Å². The fraction of sp³-hybridized carbons (Fsp3) is 0.286. The number of hydrogen-bond acceptors (Lipinski definition) is 2. The maximum Gasteiger partial charge on any atom is 0.328 e. The number of carbonyl (C=O) groups excluding carboxylic acids is 1. The first-order valence-electron chi connectivity index (χ1n) is 5.83. The highest BCUT2D eigenvalue weighted by molar-refractivity contribution is 5.85. The van der Waals surface area contributed by atoms with E-state index in [9.17, 15) is 9.59 Å². The van der Waals surface area contributed by atoms with Crippen molar-refractivity contribution in [3.63, 3.8) is 0 Å². The second-order valence-electron chi connectivity index (χ2n) is 3.98. The molecular formula is C14H17NO3. The predicted molar refractivity (Wildman–Crippen MR) is 70.0 cm³/mol. The number of carbonyl (C=O) groups is 2. The minimum Gasteiger partial charge on any atom is -0.478 e. The van der Waals surface area contributed by atoms with Crippen molar-refractivity contribution in [1.82, 2.24) is 5.32 Å². The zero-order valence-electron chi connectivity index (χ0n) is 10.5. The summed E-state index contributed by atoms with van der Waals surface area (Å²) < 4.78 is 0. The molecule has 0 spiro atoms. The number of carboxylic acid groups (broad SMARTS) is 1. The second-order valence-corrected chi connectivity index (χ2v) is 3.98. The van der Waals surface area contributed by atoms with E-state index in [2.05, 4.69) is 5.32 Å². The number of carboxylic acids is 1. The van der Waals surface area contributed by atoms with Crippen molar-refractivity contribution in [2.75, 3.05) is 0 Å². The lowest BCUT2D eigenvalue weighted by atomic mass is 10.0. The van der Waals surface area contributed by atoms with Crippen LogP contribution in [0.4, 0.5) is 0 Å². The summed E-state index contributed by atoms with van der Waals surface area (Å²) in [7, 11) is 0. The fourth-order valence-electron chi connectivity index (χ4n) is 1.53. The maximum atomic E-state index is 11.3. The van der Waals surface area contributed by atoms with E-state index in [1.54, 1.807) is 6.92 Å². The Hall–Kier alpha value is -2.10. The molecule has 4 nitrogen and oxygen atoms in total. The quantitative estimate of drug-likeness (QED) is 0.785. The summed E-state index contributed by atoms with van der Waals surface area (Å²) in [5.41, 5.74) is 1.75. The van der Waals surface area contributed by atoms with Crippen molar-refractivity contribution in [3.8, 4) is 0 Å². The Morgan fingerprint density at radius 2 is 2.17 bits per heavy atom. The van der Waals surface area contributed by atoms with Gasteiger partial charge in [0.25, 0.3) is 0 Å². The summed E-state index contributed by atoms with van der Waals surface area (Å²) in [5.74, 6) is -0.985. The summed E-state index contributed by atoms with van der Waals surface area (Å²) in [5, 5.41) is 11.4. The number of hydrogen-bond donors (Lipinski definition) is 2. The number of rotatable bonds is 5. The predicted octanol–water partition coefficient (Wildman–Crippen LogP) is 2.37. The monoisotopic (exact) mass is 247 g/mol. The number of nitrogens with one attached hydrogen (secondary N) is 1. The lowest BCUT2D eigenvalue weighted by Gasteiger charge is -2.14. The van der Waals surface area contributed by atoms with Crippen molar-refractivity contribution in [1.29, 1.82) is 0 Å². The van der Waals surface area contributed by atoms with Crippen molar-refractivity contribution < 1.29 is 14.7 Å². The Balaban J connectivity index is 2.81. The summed E-state index contributed by atoms with van der Waals surface area (Å²) in [6.45, 7) is 3.70. The van der Waals surface area contributed by atoms with Gasteiger partial charge in [0.05, 0.1) is 6.04 Å². The number of amides is 1. The summed E-state index contributed by atoms with van der Waals surface area (Å²) in [6.07, 6.45) is 3.07. The zero-order valence-corrected chi connectivity index (χ0v) is 10.5. The fourth-order valence-corrected chi connectivity index (χ4v) is 1.53. The van der Waals surface area contributed by atoms with Gasteiger partial charge in [-0.3, -0.25) is 4.79 Å². The molecule has 1 rings (SSSR count). The Morgan fingerprint density at radius 1 is 1.44 bits per heavy atom. The Morgan fingerprint density at radius 3 is 2.78 bits per heavy atom. The second kappa shape index (κ2) is 6.59. The van der Waals surface area contributed by atoms with Gasteiger partial charge in [0.15, 0.2) is 0 Å². The molecule has 18 heavy (non-hydrogen) atoms. The highest BCUT2D eigenvalue weighted by atomic mass is 16.4. The van der Waals surface area contributed by atoms with Gasteiger partial charge < -0.3 is 10.4 Å². The Labute approximate surface area is 106 Å². The molecule has 96 valence electrons. The van der Waals surface area contributed by atoms with E-state index >= 15 is 0 Å². The van der Waals surface area contributed by atoms with Crippen LogP contribution in [0.15, 0.2) is 30.3 Å². The number of benzene rings is 1. The minimum atomic E-state index is -0.979. The minimum absolute atomic E-state index is 0.00557. The van der Waals surface area contributed by atoms with Crippen LogP contribution in [0, 0.1) is 0 Å². The molecular weight excluding hydrogens is 230 g/mol. The van der Waals surface area contributed by atoms with Gasteiger partial charge in [-0.15, -0.1) is 0 Å². The molecule has 0 saturated heterocycles. The molecule has 1 aromatic carbocycles. The maximum absolute atomic E-state index is 11.3. The average molecular weight is 247 g/mol. The molecule has 0 aliphatic heterocycles. The van der Waals surface area contributed by atoms with E-state index in [4.69, 9.17) is 5.11 Å². The molecule has 1 aromatic rings. The molecule has 0 bridgehead atoms. The molecule has 1 amide bonds. The zero-order chi connectivity index (χ0) is 13.5. The molecule has 4 heteroatoms. The largest absolute Gasteiger partial charge is 0.478 e. The van der Waals surface area contributed by atoms with Gasteiger partial charge in [-0.05, 0) is 30.2 Å². The van der Waals surface area contributed by atoms with Crippen LogP contribution >= 0.6 is 0 Å². The highest BCUT2D eigenvalue weighted by Gasteiger charge is 2.07. The highest BCUT2D eigenvalue weighted by Crippen LogP contribution is 2.15. The van der Waals surface area contributed by atoms with E-state index in [0.29, 0.717) is 6.42 Å². The smallest absolute Gasteiger partial charge is 0.328 e. The molecule has 0 radical (unpaired) electrons. The van der Waals surface area contributed by atoms with Crippen molar-refractivity contribution in [2.24, 2.45) is 0 Å². The standard InChI is InChI=1S/C14H17NO3/c1-3-13(16)15-10(2)12-6-4-5-11(9-12)7-8-14(17)18/h4-10H,3H2,1-2H3,(H,15,16)(H,17,18). The summed E-state index contributed by atoms with van der Waals surface area (Å²) in [4.78, 5) is 21.7. The summed E-state index contributed by atoms with van der Waals surface area (Å²) in [6, 6.07) is 7.33. The van der Waals surface area contributed by atoms with Crippen LogP contribution in [0.5, 0.6) is 0 Å². The normalized spacial score (nSPS) is 12.3. The van der Waals surface area contributed by atoms with E-state index in [-0.39, 0.29) is 11.9 Å². The first-order chi connectivity index (χ1) is 8.52. The Bertz CT molecular complexity index is 466. The molecule has 0 aliphatic carbocycles. The average Bonchev–Trinajstić information content (AvgIpc) is 2.36. The van der Waals surface area contributed by atoms with Gasteiger partial charge in [-0.25, -0.2) is 4.79 Å². The van der Waals surface area contributed by atoms with E-state index in [1.165, 1.54) is 6.08 Å². The van der Waals surface area contributed by atoms with Gasteiger partial charge in [-0.1, -0.05) is 25.1 Å². The molecule has 2 N–H and O–H groups in total. The van der Waals surface area contributed by atoms with Crippen molar-refractivity contribution in [3.05, 3.63) is 41.5 Å². The van der Waals surface area contributed by atoms with Crippen LogP contribution in [0.25, 0.3) is 6.08 Å². The van der Waals surface area contributed by atoms with E-state index in [0.717, 1.165) is 17.2 Å². The van der Waals surface area contributed by atoms with Crippen LogP contribution in [0.2, 0.25) is 0 Å². The summed E-state index contributed by atoms with van der Waals surface area (Å²) >= 11 is 0. The lowest BCUT2D eigenvalue weighted by Crippen LogP contribution is -2.25. The van der Waals surface area contributed by atoms with Crippen LogP contribution < -0.4 is 5.32 Å². The van der Waals surface area contributed by atoms with Crippen LogP contribution in [0.3, 0.4) is 0 Å². The third kappa shape index (κ3) is 4.41. The molecule has 0 heterocycles. The van der Waals surface area contributed by atoms with E-state index in [1.807, 2.05) is 31.2 Å². The van der Waals surface area contributed by atoms with Gasteiger partial charge in [-0.2, -0.15) is 0 Å². The third-order valence-electron chi connectivity index (χ3n) is 2.53. The van der Waals surface area contributed by atoms with Gasteiger partial charge >= 0.3 is 5.97 Å². The van der Waals surface area contributed by atoms with Gasteiger partial charge in [0.1, 0.15) is 0 Å². The van der Waals surface area contributed by atoms with Gasteiger partial charge in [0, 0.05) is 12.5 Å². The molecule has 0 fully saturated rings. The van der Waals surface area contributed by atoms with Crippen LogP contribution in [-0.4, -0.2) is 17.0 Å². The van der Waals surface area contributed by atoms with E-state index < -0.39 is 5.97 Å². The Kier molecular flexibility index (Phi) is 5.11. The molecule has 1 unspecified atom stereocenters. The SMILES string of the molecule is CCC(=O)NC(C)c1cccc(C=CC(=O)O)c1. The first-order valence-corrected chi connectivity index (χ1v) is 5.83. The molecule has 0 aliphatic rings. The number of aliphatic carboxylic acids is 1. The lowest BCUT2D eigenvalue weighted by molar-refractivity contribution is -0.131. The molecule has 0 saturated carbocycles. The topological polar surface area (TPSA) is 66.4 Å². The first kappa shape index (κ1) is 14.0. The van der Waals surface area contributed by atoms with Crippen LogP contribution in [0.1, 0.15) is 37.4 Å².